The Morgan fingerprint density at radius 2 is 2.00 bits per heavy atom. The second-order valence-electron chi connectivity index (χ2n) is 4.91. The molecule has 0 aromatic heterocycles. The van der Waals surface area contributed by atoms with Crippen LogP contribution in [-0.4, -0.2) is 45.4 Å². The summed E-state index contributed by atoms with van der Waals surface area (Å²) in [5, 5.41) is 0. The SMILES string of the molecule is CCN(CC)S(=O)(=O)c1ccc2c(c1)CCN2CCN. The molecule has 2 rings (SSSR count). The second-order valence-corrected chi connectivity index (χ2v) is 6.84. The molecule has 0 atom stereocenters. The second kappa shape index (κ2) is 6.11. The van der Waals surface area contributed by atoms with Crippen LogP contribution in [0.4, 0.5) is 5.69 Å². The standard InChI is InChI=1S/C14H23N3O2S/c1-3-17(4-2)20(18,19)13-5-6-14-12(11-13)7-9-16(14)10-8-15/h5-6,11H,3-4,7-10,15H2,1-2H3. The number of nitrogens with two attached hydrogens (primary N) is 1. The fourth-order valence-electron chi connectivity index (χ4n) is 2.71. The van der Waals surface area contributed by atoms with E-state index in [-0.39, 0.29) is 0 Å². The average Bonchev–Trinajstić information content (AvgIpc) is 2.83. The molecule has 0 saturated carbocycles. The van der Waals surface area contributed by atoms with Crippen LogP contribution in [0, 0.1) is 0 Å². The van der Waals surface area contributed by atoms with Crippen LogP contribution in [0.2, 0.25) is 0 Å². The highest BCUT2D eigenvalue weighted by molar-refractivity contribution is 7.89. The van der Waals surface area contributed by atoms with Crippen molar-refractivity contribution in [2.24, 2.45) is 5.73 Å². The quantitative estimate of drug-likeness (QED) is 0.852. The van der Waals surface area contributed by atoms with Crippen LogP contribution >= 0.6 is 0 Å². The lowest BCUT2D eigenvalue weighted by molar-refractivity contribution is 0.445. The van der Waals surface area contributed by atoms with Crippen LogP contribution in [0.5, 0.6) is 0 Å². The molecule has 0 saturated heterocycles. The lowest BCUT2D eigenvalue weighted by atomic mass is 10.2. The molecular formula is C14H23N3O2S. The van der Waals surface area contributed by atoms with Crippen molar-refractivity contribution >= 4 is 15.7 Å². The Bertz CT molecular complexity index is 568. The molecule has 6 heteroatoms. The van der Waals surface area contributed by atoms with E-state index in [1.807, 2.05) is 26.0 Å². The minimum absolute atomic E-state index is 0.398. The first-order chi connectivity index (χ1) is 9.54. The van der Waals surface area contributed by atoms with Crippen molar-refractivity contribution in [3.63, 3.8) is 0 Å². The Hall–Kier alpha value is -1.11. The largest absolute Gasteiger partial charge is 0.370 e. The molecular weight excluding hydrogens is 274 g/mol. The van der Waals surface area contributed by atoms with Crippen LogP contribution in [0.25, 0.3) is 0 Å². The van der Waals surface area contributed by atoms with E-state index in [4.69, 9.17) is 5.73 Å². The van der Waals surface area contributed by atoms with Gasteiger partial charge in [0, 0.05) is 38.4 Å². The van der Waals surface area contributed by atoms with Crippen LogP contribution in [0.15, 0.2) is 23.1 Å². The lowest BCUT2D eigenvalue weighted by Gasteiger charge is -2.20. The highest BCUT2D eigenvalue weighted by Gasteiger charge is 2.25. The van der Waals surface area contributed by atoms with E-state index in [1.165, 1.54) is 4.31 Å². The van der Waals surface area contributed by atoms with E-state index < -0.39 is 10.0 Å². The van der Waals surface area contributed by atoms with E-state index in [1.54, 1.807) is 6.07 Å². The number of nitrogens with zero attached hydrogens (tertiary/aromatic N) is 2. The summed E-state index contributed by atoms with van der Waals surface area (Å²) in [6.45, 7) is 7.05. The first-order valence-electron chi connectivity index (χ1n) is 7.12. The van der Waals surface area contributed by atoms with Gasteiger partial charge in [-0.05, 0) is 30.2 Å². The Kier molecular flexibility index (Phi) is 4.67. The van der Waals surface area contributed by atoms with Gasteiger partial charge < -0.3 is 10.6 Å². The Morgan fingerprint density at radius 3 is 2.60 bits per heavy atom. The summed E-state index contributed by atoms with van der Waals surface area (Å²) in [6, 6.07) is 5.44. The molecule has 0 radical (unpaired) electrons. The molecule has 1 aromatic carbocycles. The zero-order valence-electron chi connectivity index (χ0n) is 12.2. The minimum atomic E-state index is -3.36. The molecule has 0 spiro atoms. The molecule has 112 valence electrons. The fraction of sp³-hybridized carbons (Fsp3) is 0.571. The molecule has 0 aliphatic carbocycles. The molecule has 0 amide bonds. The molecule has 20 heavy (non-hydrogen) atoms. The van der Waals surface area contributed by atoms with Gasteiger partial charge in [-0.25, -0.2) is 8.42 Å². The lowest BCUT2D eigenvalue weighted by Crippen LogP contribution is -2.30. The van der Waals surface area contributed by atoms with E-state index in [9.17, 15) is 8.42 Å². The summed E-state index contributed by atoms with van der Waals surface area (Å²) >= 11 is 0. The maximum atomic E-state index is 12.5. The van der Waals surface area contributed by atoms with Crippen LogP contribution in [0.1, 0.15) is 19.4 Å². The molecule has 0 unspecified atom stereocenters. The highest BCUT2D eigenvalue weighted by Crippen LogP contribution is 2.30. The van der Waals surface area contributed by atoms with Crippen molar-refractivity contribution in [1.29, 1.82) is 0 Å². The van der Waals surface area contributed by atoms with Crippen molar-refractivity contribution in [3.05, 3.63) is 23.8 Å². The molecule has 2 N–H and O–H groups in total. The predicted molar refractivity (Wildman–Crippen MR) is 81.5 cm³/mol. The van der Waals surface area contributed by atoms with Gasteiger partial charge in [-0.1, -0.05) is 13.8 Å². The van der Waals surface area contributed by atoms with Crippen molar-refractivity contribution < 1.29 is 8.42 Å². The number of anilines is 1. The smallest absolute Gasteiger partial charge is 0.243 e. The summed E-state index contributed by atoms with van der Waals surface area (Å²) in [6.07, 6.45) is 0.886. The molecule has 1 aliphatic rings. The molecule has 0 fully saturated rings. The van der Waals surface area contributed by atoms with Gasteiger partial charge in [0.25, 0.3) is 0 Å². The third-order valence-electron chi connectivity index (χ3n) is 3.78. The number of hydrogen-bond acceptors (Lipinski definition) is 4. The zero-order valence-corrected chi connectivity index (χ0v) is 13.0. The van der Waals surface area contributed by atoms with Crippen molar-refractivity contribution in [2.45, 2.75) is 25.2 Å². The van der Waals surface area contributed by atoms with Gasteiger partial charge in [0.05, 0.1) is 4.90 Å². The monoisotopic (exact) mass is 297 g/mol. The maximum absolute atomic E-state index is 12.5. The van der Waals surface area contributed by atoms with E-state index in [2.05, 4.69) is 4.90 Å². The van der Waals surface area contributed by atoms with Crippen LogP contribution < -0.4 is 10.6 Å². The van der Waals surface area contributed by atoms with E-state index in [0.717, 1.165) is 30.8 Å². The van der Waals surface area contributed by atoms with Crippen LogP contribution in [-0.2, 0) is 16.4 Å². The molecule has 1 heterocycles. The number of rotatable bonds is 6. The number of benzene rings is 1. The van der Waals surface area contributed by atoms with Gasteiger partial charge in [-0.15, -0.1) is 0 Å². The first kappa shape index (κ1) is 15.3. The van der Waals surface area contributed by atoms with Gasteiger partial charge in [0.1, 0.15) is 0 Å². The molecule has 5 nitrogen and oxygen atoms in total. The maximum Gasteiger partial charge on any atom is 0.243 e. The normalized spacial score (nSPS) is 14.9. The molecule has 1 aromatic rings. The van der Waals surface area contributed by atoms with Gasteiger partial charge >= 0.3 is 0 Å². The van der Waals surface area contributed by atoms with Crippen molar-refractivity contribution in [3.8, 4) is 0 Å². The number of hydrogen-bond donors (Lipinski definition) is 1. The van der Waals surface area contributed by atoms with Crippen molar-refractivity contribution in [1.82, 2.24) is 4.31 Å². The molecule has 1 aliphatic heterocycles. The minimum Gasteiger partial charge on any atom is -0.370 e. The Morgan fingerprint density at radius 1 is 1.30 bits per heavy atom. The predicted octanol–water partition coefficient (Wildman–Crippen LogP) is 1.04. The number of fused-ring (bicyclic) bond motifs is 1. The van der Waals surface area contributed by atoms with Gasteiger partial charge in [0.2, 0.25) is 10.0 Å². The number of sulfonamides is 1. The summed E-state index contributed by atoms with van der Waals surface area (Å²) in [5.74, 6) is 0. The van der Waals surface area contributed by atoms with Gasteiger partial charge in [0.15, 0.2) is 0 Å². The molecule has 0 bridgehead atoms. The first-order valence-corrected chi connectivity index (χ1v) is 8.56. The van der Waals surface area contributed by atoms with E-state index >= 15 is 0 Å². The topological polar surface area (TPSA) is 66.6 Å². The van der Waals surface area contributed by atoms with Gasteiger partial charge in [-0.3, -0.25) is 0 Å². The van der Waals surface area contributed by atoms with Gasteiger partial charge in [-0.2, -0.15) is 4.31 Å². The third kappa shape index (κ3) is 2.68. The summed E-state index contributed by atoms with van der Waals surface area (Å²) < 4.78 is 26.5. The Labute approximate surface area is 121 Å². The summed E-state index contributed by atoms with van der Waals surface area (Å²) in [4.78, 5) is 2.61. The van der Waals surface area contributed by atoms with Crippen molar-refractivity contribution in [2.75, 3.05) is 37.6 Å². The third-order valence-corrected chi connectivity index (χ3v) is 5.83. The van der Waals surface area contributed by atoms with E-state index in [0.29, 0.717) is 24.5 Å². The summed E-state index contributed by atoms with van der Waals surface area (Å²) in [5.41, 5.74) is 7.82. The van der Waals surface area contributed by atoms with Crippen LogP contribution in [0.3, 0.4) is 0 Å². The Balaban J connectivity index is 2.33. The zero-order chi connectivity index (χ0) is 14.8. The average molecular weight is 297 g/mol. The fourth-order valence-corrected chi connectivity index (χ4v) is 4.22. The summed E-state index contributed by atoms with van der Waals surface area (Å²) in [7, 11) is -3.36. The highest BCUT2D eigenvalue weighted by atomic mass is 32.2.